The average molecular weight is 571 g/mol. The van der Waals surface area contributed by atoms with Crippen molar-refractivity contribution in [1.29, 1.82) is 5.26 Å². The van der Waals surface area contributed by atoms with Gasteiger partial charge in [0.15, 0.2) is 0 Å². The Morgan fingerprint density at radius 1 is 1.20 bits per heavy atom. The molecule has 4 aromatic rings. The van der Waals surface area contributed by atoms with Crippen LogP contribution in [0.4, 0.5) is 14.5 Å². The van der Waals surface area contributed by atoms with E-state index >= 15 is 0 Å². The minimum absolute atomic E-state index is 0.0578. The Balaban J connectivity index is 1.36. The van der Waals surface area contributed by atoms with Crippen LogP contribution in [0.15, 0.2) is 52.3 Å². The summed E-state index contributed by atoms with van der Waals surface area (Å²) in [6.07, 6.45) is 1.13. The van der Waals surface area contributed by atoms with Crippen LogP contribution in [0.1, 0.15) is 28.3 Å². The number of nitrogens with one attached hydrogen (secondary N) is 1. The van der Waals surface area contributed by atoms with Crippen LogP contribution in [0.3, 0.4) is 0 Å². The minimum Gasteiger partial charge on any atom is -0.365 e. The van der Waals surface area contributed by atoms with Crippen molar-refractivity contribution >= 4 is 27.2 Å². The molecule has 7 rings (SSSR count). The fraction of sp³-hybridized carbons (Fsp3) is 0.333. The van der Waals surface area contributed by atoms with Gasteiger partial charge < -0.3 is 10.2 Å². The van der Waals surface area contributed by atoms with E-state index in [4.69, 9.17) is 0 Å². The molecule has 8 nitrogen and oxygen atoms in total. The maximum absolute atomic E-state index is 13.0. The summed E-state index contributed by atoms with van der Waals surface area (Å²) in [6.45, 7) is 1.83. The number of rotatable bonds is 6. The van der Waals surface area contributed by atoms with Gasteiger partial charge in [0.25, 0.3) is 12.0 Å². The molecule has 5 heterocycles. The van der Waals surface area contributed by atoms with E-state index in [0.717, 1.165) is 74.5 Å². The van der Waals surface area contributed by atoms with Gasteiger partial charge in [-0.2, -0.15) is 5.26 Å². The van der Waals surface area contributed by atoms with Crippen molar-refractivity contribution in [2.45, 2.75) is 37.9 Å². The van der Waals surface area contributed by atoms with Gasteiger partial charge in [-0.1, -0.05) is 11.8 Å². The van der Waals surface area contributed by atoms with Crippen molar-refractivity contribution < 1.29 is 8.78 Å². The smallest absolute Gasteiger partial charge is 0.331 e. The van der Waals surface area contributed by atoms with Gasteiger partial charge in [0.1, 0.15) is 0 Å². The molecule has 1 fully saturated rings. The highest BCUT2D eigenvalue weighted by Gasteiger charge is 2.40. The van der Waals surface area contributed by atoms with Crippen LogP contribution in [0.25, 0.3) is 21.3 Å². The molecule has 41 heavy (non-hydrogen) atoms. The maximum atomic E-state index is 13.0. The summed E-state index contributed by atoms with van der Waals surface area (Å²) in [5, 5.41) is 13.4. The lowest BCUT2D eigenvalue weighted by Crippen LogP contribution is -2.46. The van der Waals surface area contributed by atoms with Crippen LogP contribution >= 0.6 is 11.3 Å². The molecule has 3 aromatic heterocycles. The number of nitriles is 1. The van der Waals surface area contributed by atoms with Gasteiger partial charge in [-0.25, -0.2) is 13.6 Å². The molecule has 0 unspecified atom stereocenters. The summed E-state index contributed by atoms with van der Waals surface area (Å²) in [6, 6.07) is 11.4. The summed E-state index contributed by atoms with van der Waals surface area (Å²) >= 11 is 1.40. The van der Waals surface area contributed by atoms with E-state index in [-0.39, 0.29) is 18.4 Å². The second-order valence-electron chi connectivity index (χ2n) is 10.6. The molecule has 1 saturated heterocycles. The molecule has 0 bridgehead atoms. The van der Waals surface area contributed by atoms with Gasteiger partial charge in [0.2, 0.25) is 0 Å². The predicted octanol–water partition coefficient (Wildman–Crippen LogP) is 3.37. The van der Waals surface area contributed by atoms with E-state index < -0.39 is 24.2 Å². The molecule has 3 atom stereocenters. The number of nitrogens with zero attached hydrogens (tertiary/aromatic N) is 5. The molecule has 0 amide bonds. The first kappa shape index (κ1) is 25.6. The molecule has 0 saturated carbocycles. The third-order valence-corrected chi connectivity index (χ3v) is 9.27. The first-order chi connectivity index (χ1) is 19.9. The molecule has 1 N–H and O–H groups in total. The van der Waals surface area contributed by atoms with Gasteiger partial charge in [0.05, 0.1) is 46.8 Å². The minimum atomic E-state index is -2.72. The standard InChI is InChI=1S/C30H24F2N6O2S/c31-26(32)16-36-8-5-27(39)38(30(36)40)15-20-11-25-29(41-20)22(4-7-35-25)24-10-17(12-33)9-23-21-2-1-18(21)14-37(28(23)24)19-3-6-34-13-19/h4-5,7-11,18-19,21,26,34H,3,6,13-16H2/t18-,19+,21-/m0/s1. The van der Waals surface area contributed by atoms with Crippen molar-refractivity contribution in [3.63, 3.8) is 0 Å². The van der Waals surface area contributed by atoms with Crippen molar-refractivity contribution in [3.05, 3.63) is 79.6 Å². The number of thiophene rings is 1. The normalized spacial score (nSPS) is 20.7. The summed E-state index contributed by atoms with van der Waals surface area (Å²) in [7, 11) is 0. The lowest BCUT2D eigenvalue weighted by Gasteiger charge is -2.44. The molecule has 1 aromatic carbocycles. The number of aromatic nitrogens is 3. The predicted molar refractivity (Wildman–Crippen MR) is 152 cm³/mol. The number of pyridine rings is 1. The third-order valence-electron chi connectivity index (χ3n) is 8.13. The van der Waals surface area contributed by atoms with E-state index in [2.05, 4.69) is 33.1 Å². The Bertz CT molecular complexity index is 1920. The largest absolute Gasteiger partial charge is 0.365 e. The van der Waals surface area contributed by atoms with Crippen molar-refractivity contribution in [2.24, 2.45) is 5.92 Å². The lowest BCUT2D eigenvalue weighted by molar-refractivity contribution is 0.124. The Labute approximate surface area is 237 Å². The van der Waals surface area contributed by atoms with Crippen LogP contribution in [0.2, 0.25) is 0 Å². The first-order valence-electron chi connectivity index (χ1n) is 13.4. The Kier molecular flexibility index (Phi) is 6.22. The molecule has 0 spiro atoms. The van der Waals surface area contributed by atoms with Gasteiger partial charge in [-0.3, -0.25) is 18.9 Å². The van der Waals surface area contributed by atoms with E-state index in [1.807, 2.05) is 24.3 Å². The number of fused-ring (bicyclic) bond motifs is 4. The monoisotopic (exact) mass is 570 g/mol. The van der Waals surface area contributed by atoms with E-state index in [1.54, 1.807) is 6.20 Å². The van der Waals surface area contributed by atoms with Crippen LogP contribution < -0.4 is 21.5 Å². The Morgan fingerprint density at radius 3 is 2.80 bits per heavy atom. The zero-order chi connectivity index (χ0) is 28.2. The van der Waals surface area contributed by atoms with Crippen LogP contribution in [-0.4, -0.2) is 46.2 Å². The number of hydrogen-bond donors (Lipinski definition) is 1. The number of alkyl halides is 2. The van der Waals surface area contributed by atoms with E-state index in [1.165, 1.54) is 11.3 Å². The molecule has 1 aliphatic carbocycles. The van der Waals surface area contributed by atoms with E-state index in [0.29, 0.717) is 22.0 Å². The molecular formula is C30H24F2N6O2S. The highest BCUT2D eigenvalue weighted by molar-refractivity contribution is 7.19. The zero-order valence-electron chi connectivity index (χ0n) is 21.8. The average Bonchev–Trinajstić information content (AvgIpc) is 3.62. The van der Waals surface area contributed by atoms with Gasteiger partial charge in [-0.15, -0.1) is 11.3 Å². The summed E-state index contributed by atoms with van der Waals surface area (Å²) in [5.41, 5.74) is 3.96. The van der Waals surface area contributed by atoms with Crippen LogP contribution in [0, 0.1) is 29.1 Å². The maximum Gasteiger partial charge on any atom is 0.331 e. The van der Waals surface area contributed by atoms with Gasteiger partial charge in [-0.05, 0) is 42.8 Å². The summed E-state index contributed by atoms with van der Waals surface area (Å²) in [4.78, 5) is 33.1. The SMILES string of the molecule is N#Cc1cc(-c2ccnc3cc(Cn4c(=O)ccn(CC(F)F)c4=O)sc23)c2c(c1)[C@H]1C#C[C@H]1CN2[C@@H]1CCNC1. The molecule has 206 valence electrons. The highest BCUT2D eigenvalue weighted by atomic mass is 32.1. The Morgan fingerprint density at radius 2 is 2.07 bits per heavy atom. The molecule has 0 radical (unpaired) electrons. The van der Waals surface area contributed by atoms with Gasteiger partial charge >= 0.3 is 5.69 Å². The molecule has 2 aliphatic heterocycles. The van der Waals surface area contributed by atoms with Gasteiger partial charge in [0, 0.05) is 59.3 Å². The lowest BCUT2D eigenvalue weighted by atomic mass is 9.74. The zero-order valence-corrected chi connectivity index (χ0v) is 22.6. The fourth-order valence-electron chi connectivity index (χ4n) is 6.18. The molecule has 3 aliphatic rings. The third kappa shape index (κ3) is 4.33. The number of hydrogen-bond acceptors (Lipinski definition) is 7. The number of benzene rings is 1. The van der Waals surface area contributed by atoms with Crippen molar-refractivity contribution in [1.82, 2.24) is 19.4 Å². The van der Waals surface area contributed by atoms with Crippen LogP contribution in [-0.2, 0) is 13.1 Å². The summed E-state index contributed by atoms with van der Waals surface area (Å²) < 4.78 is 28.6. The molecular weight excluding hydrogens is 546 g/mol. The topological polar surface area (TPSA) is 96.0 Å². The molecule has 11 heteroatoms. The number of anilines is 1. The second-order valence-corrected chi connectivity index (χ2v) is 11.7. The van der Waals surface area contributed by atoms with Crippen molar-refractivity contribution in [3.8, 4) is 29.0 Å². The quantitative estimate of drug-likeness (QED) is 0.357. The summed E-state index contributed by atoms with van der Waals surface area (Å²) in [5.74, 6) is 6.98. The Hall–Kier alpha value is -4.32. The fourth-order valence-corrected chi connectivity index (χ4v) is 7.31. The number of halogens is 2. The first-order valence-corrected chi connectivity index (χ1v) is 14.3. The van der Waals surface area contributed by atoms with Crippen LogP contribution in [0.5, 0.6) is 0 Å². The second kappa shape index (κ2) is 9.95. The van der Waals surface area contributed by atoms with Crippen molar-refractivity contribution in [2.75, 3.05) is 24.5 Å². The van der Waals surface area contributed by atoms with E-state index in [9.17, 15) is 23.6 Å². The highest BCUT2D eigenvalue weighted by Crippen LogP contribution is 2.49.